The van der Waals surface area contributed by atoms with Crippen LogP contribution in [0.1, 0.15) is 31.1 Å². The molecule has 0 saturated heterocycles. The first-order valence-electron chi connectivity index (χ1n) is 8.31. The molecule has 0 heterocycles. The number of benzene rings is 3. The highest BCUT2D eigenvalue weighted by Gasteiger charge is 2.06. The number of aromatic hydroxyl groups is 4. The lowest BCUT2D eigenvalue weighted by molar-refractivity contribution is 0.0683. The molecular formula is C21H18O10. The van der Waals surface area contributed by atoms with Gasteiger partial charge in [-0.1, -0.05) is 12.1 Å². The zero-order chi connectivity index (χ0) is 23.6. The summed E-state index contributed by atoms with van der Waals surface area (Å²) in [6, 6.07) is 14.5. The maximum absolute atomic E-state index is 10.3. The Bertz CT molecular complexity index is 1060. The molecule has 0 atom stereocenters. The van der Waals surface area contributed by atoms with Gasteiger partial charge in [-0.3, -0.25) is 0 Å². The number of phenolic OH excluding ortho intramolecular Hbond substituents is 3. The van der Waals surface area contributed by atoms with Gasteiger partial charge in [0.25, 0.3) is 0 Å². The second-order valence-electron chi connectivity index (χ2n) is 5.68. The molecule has 3 aromatic carbocycles. The predicted molar refractivity (Wildman–Crippen MR) is 107 cm³/mol. The number of aromatic carboxylic acids is 3. The molecule has 3 aromatic rings. The molecule has 3 rings (SSSR count). The Balaban J connectivity index is 0.000000233. The largest absolute Gasteiger partial charge is 0.508 e. The van der Waals surface area contributed by atoms with Crippen LogP contribution in [0.15, 0.2) is 66.7 Å². The van der Waals surface area contributed by atoms with Crippen LogP contribution in [0.4, 0.5) is 0 Å². The van der Waals surface area contributed by atoms with Crippen LogP contribution in [0.2, 0.25) is 0 Å². The minimum absolute atomic E-state index is 0.0553. The van der Waals surface area contributed by atoms with Gasteiger partial charge in [0.2, 0.25) is 0 Å². The summed E-state index contributed by atoms with van der Waals surface area (Å²) >= 11 is 0. The number of para-hydroxylation sites is 1. The quantitative estimate of drug-likeness (QED) is 0.304. The van der Waals surface area contributed by atoms with Gasteiger partial charge >= 0.3 is 17.9 Å². The van der Waals surface area contributed by atoms with Gasteiger partial charge in [-0.25, -0.2) is 14.4 Å². The molecule has 0 fully saturated rings. The number of phenols is 4. The molecule has 0 radical (unpaired) electrons. The van der Waals surface area contributed by atoms with Crippen molar-refractivity contribution < 1.29 is 50.1 Å². The van der Waals surface area contributed by atoms with Crippen molar-refractivity contribution in [1.29, 1.82) is 0 Å². The first kappa shape index (κ1) is 24.3. The van der Waals surface area contributed by atoms with Crippen molar-refractivity contribution >= 4 is 17.9 Å². The number of carbonyl (C=O) groups is 3. The smallest absolute Gasteiger partial charge is 0.339 e. The molecule has 0 spiro atoms. The molecule has 7 N–H and O–H groups in total. The van der Waals surface area contributed by atoms with Crippen LogP contribution in [0.5, 0.6) is 23.0 Å². The third kappa shape index (κ3) is 8.03. The molecule has 0 bridgehead atoms. The van der Waals surface area contributed by atoms with E-state index in [9.17, 15) is 14.4 Å². The highest BCUT2D eigenvalue weighted by atomic mass is 16.4. The first-order chi connectivity index (χ1) is 14.5. The molecule has 0 unspecified atom stereocenters. The SMILES string of the molecule is O=C(O)c1ccc(O)c(O)c1.O=C(O)c1ccc(O)cc1.O=C(O)c1ccccc1O. The van der Waals surface area contributed by atoms with Gasteiger partial charge in [-0.05, 0) is 54.6 Å². The van der Waals surface area contributed by atoms with E-state index in [1.54, 1.807) is 12.1 Å². The van der Waals surface area contributed by atoms with Crippen molar-refractivity contribution in [3.8, 4) is 23.0 Å². The first-order valence-corrected chi connectivity index (χ1v) is 8.31. The van der Waals surface area contributed by atoms with E-state index in [1.165, 1.54) is 42.5 Å². The summed E-state index contributed by atoms with van der Waals surface area (Å²) in [5.74, 6) is -4.11. The van der Waals surface area contributed by atoms with Crippen molar-refractivity contribution in [1.82, 2.24) is 0 Å². The van der Waals surface area contributed by atoms with Crippen LogP contribution in [0, 0.1) is 0 Å². The Hall–Kier alpha value is -4.73. The van der Waals surface area contributed by atoms with Crippen molar-refractivity contribution in [3.05, 3.63) is 83.4 Å². The van der Waals surface area contributed by atoms with E-state index in [0.717, 1.165) is 12.1 Å². The van der Waals surface area contributed by atoms with Crippen molar-refractivity contribution in [2.75, 3.05) is 0 Å². The third-order valence-corrected chi connectivity index (χ3v) is 3.47. The molecule has 0 aliphatic heterocycles. The average Bonchev–Trinajstić information content (AvgIpc) is 2.71. The van der Waals surface area contributed by atoms with Gasteiger partial charge in [0.1, 0.15) is 17.1 Å². The molecule has 10 heteroatoms. The van der Waals surface area contributed by atoms with Crippen molar-refractivity contribution in [2.24, 2.45) is 0 Å². The minimum atomic E-state index is -1.14. The summed E-state index contributed by atoms with van der Waals surface area (Å²) in [7, 11) is 0. The van der Waals surface area contributed by atoms with E-state index in [0.29, 0.717) is 0 Å². The van der Waals surface area contributed by atoms with Gasteiger partial charge in [0, 0.05) is 0 Å². The Morgan fingerprint density at radius 2 is 1.03 bits per heavy atom. The van der Waals surface area contributed by atoms with Crippen LogP contribution in [0.25, 0.3) is 0 Å². The fourth-order valence-corrected chi connectivity index (χ4v) is 1.91. The molecule has 0 aliphatic carbocycles. The number of carboxylic acid groups (broad SMARTS) is 3. The van der Waals surface area contributed by atoms with Gasteiger partial charge in [-0.2, -0.15) is 0 Å². The zero-order valence-corrected chi connectivity index (χ0v) is 15.7. The van der Waals surface area contributed by atoms with Crippen LogP contribution in [-0.4, -0.2) is 53.7 Å². The summed E-state index contributed by atoms with van der Waals surface area (Å²) < 4.78 is 0. The lowest BCUT2D eigenvalue weighted by atomic mass is 10.2. The number of carboxylic acids is 3. The summed E-state index contributed by atoms with van der Waals surface area (Å²) in [4.78, 5) is 30.8. The molecule has 0 aromatic heterocycles. The van der Waals surface area contributed by atoms with E-state index in [2.05, 4.69) is 0 Å². The standard InChI is InChI=1S/C7H6O4.2C7H6O3/c8-5-2-1-4(7(10)11)3-6(5)9;8-6-3-1-5(2-4-6)7(9)10;8-6-4-2-1-3-5(6)7(9)10/h1-3,8-9H,(H,10,11);2*1-4,8H,(H,9,10). The number of rotatable bonds is 3. The molecule has 0 saturated carbocycles. The van der Waals surface area contributed by atoms with E-state index >= 15 is 0 Å². The van der Waals surface area contributed by atoms with Crippen LogP contribution < -0.4 is 0 Å². The van der Waals surface area contributed by atoms with Gasteiger partial charge in [0.05, 0.1) is 11.1 Å². The number of hydrogen-bond acceptors (Lipinski definition) is 7. The van der Waals surface area contributed by atoms with E-state index in [-0.39, 0.29) is 33.9 Å². The fraction of sp³-hybridized carbons (Fsp3) is 0. The van der Waals surface area contributed by atoms with Gasteiger partial charge < -0.3 is 35.7 Å². The molecule has 31 heavy (non-hydrogen) atoms. The van der Waals surface area contributed by atoms with Gasteiger partial charge in [0.15, 0.2) is 11.5 Å². The van der Waals surface area contributed by atoms with E-state index in [1.807, 2.05) is 0 Å². The summed E-state index contributed by atoms with van der Waals surface area (Å²) in [5, 5.41) is 60.5. The second kappa shape index (κ2) is 11.3. The summed E-state index contributed by atoms with van der Waals surface area (Å²) in [6.07, 6.45) is 0. The van der Waals surface area contributed by atoms with E-state index < -0.39 is 23.7 Å². The highest BCUT2D eigenvalue weighted by molar-refractivity contribution is 5.90. The average molecular weight is 430 g/mol. The van der Waals surface area contributed by atoms with E-state index in [4.69, 9.17) is 35.7 Å². The number of hydrogen-bond donors (Lipinski definition) is 7. The molecule has 162 valence electrons. The maximum atomic E-state index is 10.3. The monoisotopic (exact) mass is 430 g/mol. The Kier molecular flexibility index (Phi) is 8.87. The van der Waals surface area contributed by atoms with Crippen molar-refractivity contribution in [3.63, 3.8) is 0 Å². The zero-order valence-electron chi connectivity index (χ0n) is 15.7. The summed E-state index contributed by atoms with van der Waals surface area (Å²) in [5.41, 5.74) is 0.0561. The van der Waals surface area contributed by atoms with Crippen LogP contribution in [0.3, 0.4) is 0 Å². The minimum Gasteiger partial charge on any atom is -0.508 e. The molecule has 0 amide bonds. The Labute approximate surface area is 175 Å². The normalized spacial score (nSPS) is 9.29. The fourth-order valence-electron chi connectivity index (χ4n) is 1.91. The molecule has 0 aliphatic rings. The second-order valence-corrected chi connectivity index (χ2v) is 5.68. The Morgan fingerprint density at radius 1 is 0.516 bits per heavy atom. The maximum Gasteiger partial charge on any atom is 0.339 e. The lowest BCUT2D eigenvalue weighted by Crippen LogP contribution is -1.95. The predicted octanol–water partition coefficient (Wildman–Crippen LogP) is 2.98. The molecule has 10 nitrogen and oxygen atoms in total. The highest BCUT2D eigenvalue weighted by Crippen LogP contribution is 2.24. The third-order valence-electron chi connectivity index (χ3n) is 3.47. The lowest BCUT2D eigenvalue weighted by Gasteiger charge is -1.97. The van der Waals surface area contributed by atoms with Crippen LogP contribution >= 0.6 is 0 Å². The van der Waals surface area contributed by atoms with Gasteiger partial charge in [-0.15, -0.1) is 0 Å². The van der Waals surface area contributed by atoms with Crippen LogP contribution in [-0.2, 0) is 0 Å². The Morgan fingerprint density at radius 3 is 1.45 bits per heavy atom. The van der Waals surface area contributed by atoms with Crippen molar-refractivity contribution in [2.45, 2.75) is 0 Å². The summed E-state index contributed by atoms with van der Waals surface area (Å²) in [6.45, 7) is 0. The molecular weight excluding hydrogens is 412 g/mol. The topological polar surface area (TPSA) is 193 Å².